The molecule has 0 aliphatic carbocycles. The molecule has 0 aromatic carbocycles. The molecule has 2 nitrogen and oxygen atoms in total. The molecular weight excluding hydrogens is 330 g/mol. The third-order valence-electron chi connectivity index (χ3n) is 5.23. The zero-order valence-electron chi connectivity index (χ0n) is 19.1. The van der Waals surface area contributed by atoms with Crippen molar-refractivity contribution in [1.29, 1.82) is 0 Å². The van der Waals surface area contributed by atoms with E-state index in [1.54, 1.807) is 0 Å². The van der Waals surface area contributed by atoms with E-state index in [4.69, 9.17) is 4.74 Å². The summed E-state index contributed by atoms with van der Waals surface area (Å²) in [6, 6.07) is 0.520. The van der Waals surface area contributed by atoms with Gasteiger partial charge in [0.25, 0.3) is 0 Å². The average molecular weight is 380 g/mol. The van der Waals surface area contributed by atoms with E-state index in [9.17, 15) is 0 Å². The van der Waals surface area contributed by atoms with E-state index in [0.29, 0.717) is 6.04 Å². The topological polar surface area (TPSA) is 12.5 Å². The number of likely N-dealkylation sites (N-methyl/N-ethyl adjacent to an activating group) is 1. The van der Waals surface area contributed by atoms with E-state index < -0.39 is 0 Å². The summed E-state index contributed by atoms with van der Waals surface area (Å²) < 4.78 is 5.73. The van der Waals surface area contributed by atoms with Gasteiger partial charge in [-0.25, -0.2) is 0 Å². The Kier molecular flexibility index (Phi) is 21.2. The van der Waals surface area contributed by atoms with Gasteiger partial charge < -0.3 is 9.64 Å². The van der Waals surface area contributed by atoms with Crippen LogP contribution in [-0.4, -0.2) is 38.3 Å². The predicted molar refractivity (Wildman–Crippen MR) is 123 cm³/mol. The lowest BCUT2D eigenvalue weighted by atomic mass is 10.1. The van der Waals surface area contributed by atoms with Crippen LogP contribution < -0.4 is 0 Å². The number of hydrogen-bond acceptors (Lipinski definition) is 2. The van der Waals surface area contributed by atoms with E-state index in [1.807, 2.05) is 0 Å². The van der Waals surface area contributed by atoms with Crippen LogP contribution in [0, 0.1) is 0 Å². The maximum absolute atomic E-state index is 5.73. The Morgan fingerprint density at radius 1 is 0.704 bits per heavy atom. The first-order chi connectivity index (χ1) is 13.2. The fraction of sp³-hybridized carbons (Fsp3) is 0.840. The highest BCUT2D eigenvalue weighted by Gasteiger charge is 2.03. The number of unbranched alkanes of at least 4 members (excludes halogenated alkanes) is 11. The van der Waals surface area contributed by atoms with Gasteiger partial charge in [-0.05, 0) is 59.5 Å². The molecule has 0 radical (unpaired) electrons. The highest BCUT2D eigenvalue weighted by molar-refractivity contribution is 4.92. The van der Waals surface area contributed by atoms with Gasteiger partial charge in [0.05, 0.1) is 6.61 Å². The van der Waals surface area contributed by atoms with Crippen molar-refractivity contribution in [3.8, 4) is 0 Å². The Balaban J connectivity index is 3.17. The molecule has 0 aromatic rings. The van der Waals surface area contributed by atoms with Crippen LogP contribution in [0.5, 0.6) is 0 Å². The average Bonchev–Trinajstić information content (AvgIpc) is 2.66. The first kappa shape index (κ1) is 26.4. The lowest BCUT2D eigenvalue weighted by Crippen LogP contribution is -2.29. The van der Waals surface area contributed by atoms with Crippen molar-refractivity contribution >= 4 is 0 Å². The van der Waals surface area contributed by atoms with E-state index in [-0.39, 0.29) is 0 Å². The van der Waals surface area contributed by atoms with Crippen molar-refractivity contribution in [1.82, 2.24) is 4.90 Å². The highest BCUT2D eigenvalue weighted by atomic mass is 16.5. The minimum atomic E-state index is 0.520. The summed E-state index contributed by atoms with van der Waals surface area (Å²) in [4.78, 5) is 2.21. The summed E-state index contributed by atoms with van der Waals surface area (Å²) in [6.07, 6.45) is 27.9. The molecule has 0 saturated carbocycles. The van der Waals surface area contributed by atoms with Gasteiger partial charge in [-0.1, -0.05) is 82.6 Å². The van der Waals surface area contributed by atoms with Crippen molar-refractivity contribution in [2.45, 2.75) is 110 Å². The zero-order chi connectivity index (χ0) is 20.0. The molecule has 160 valence electrons. The lowest BCUT2D eigenvalue weighted by Gasteiger charge is -2.19. The SMILES string of the molecule is CCCCC/C=C\C/C=C\CCCCCCCCCCOCC(C)N(C)C. The number of hydrogen-bond donors (Lipinski definition) is 0. The third kappa shape index (κ3) is 21.6. The summed E-state index contributed by atoms with van der Waals surface area (Å²) >= 11 is 0. The van der Waals surface area contributed by atoms with Gasteiger partial charge in [-0.3, -0.25) is 0 Å². The van der Waals surface area contributed by atoms with E-state index >= 15 is 0 Å². The second-order valence-electron chi connectivity index (χ2n) is 8.18. The fourth-order valence-electron chi connectivity index (χ4n) is 2.95. The van der Waals surface area contributed by atoms with Crippen molar-refractivity contribution in [2.75, 3.05) is 27.3 Å². The first-order valence-corrected chi connectivity index (χ1v) is 11.7. The van der Waals surface area contributed by atoms with Crippen molar-refractivity contribution in [2.24, 2.45) is 0 Å². The molecule has 1 atom stereocenters. The normalized spacial score (nSPS) is 13.4. The fourth-order valence-corrected chi connectivity index (χ4v) is 2.95. The van der Waals surface area contributed by atoms with Crippen LogP contribution in [0.2, 0.25) is 0 Å². The molecule has 0 spiro atoms. The van der Waals surface area contributed by atoms with Gasteiger partial charge in [0.2, 0.25) is 0 Å². The summed E-state index contributed by atoms with van der Waals surface area (Å²) in [5.74, 6) is 0. The van der Waals surface area contributed by atoms with Gasteiger partial charge in [0, 0.05) is 12.6 Å². The van der Waals surface area contributed by atoms with Crippen LogP contribution in [0.3, 0.4) is 0 Å². The zero-order valence-corrected chi connectivity index (χ0v) is 19.1. The van der Waals surface area contributed by atoms with E-state index in [0.717, 1.165) is 19.6 Å². The van der Waals surface area contributed by atoms with Crippen LogP contribution in [0.25, 0.3) is 0 Å². The summed E-state index contributed by atoms with van der Waals surface area (Å²) in [7, 11) is 4.22. The quantitative estimate of drug-likeness (QED) is 0.160. The standard InChI is InChI=1S/C25H49NO/c1-5-6-7-8-9-10-11-12-13-14-15-16-17-18-19-20-21-22-23-27-24-25(2)26(3)4/h9-10,12-13,25H,5-8,11,14-24H2,1-4H3/b10-9-,13-12-. The van der Waals surface area contributed by atoms with Crippen molar-refractivity contribution in [3.63, 3.8) is 0 Å². The molecule has 1 unspecified atom stereocenters. The van der Waals surface area contributed by atoms with Crippen LogP contribution in [-0.2, 0) is 4.74 Å². The summed E-state index contributed by atoms with van der Waals surface area (Å²) in [5.41, 5.74) is 0. The van der Waals surface area contributed by atoms with Crippen molar-refractivity contribution in [3.05, 3.63) is 24.3 Å². The molecule has 0 N–H and O–H groups in total. The van der Waals surface area contributed by atoms with Gasteiger partial charge in [0.15, 0.2) is 0 Å². The maximum atomic E-state index is 5.73. The minimum Gasteiger partial charge on any atom is -0.380 e. The Morgan fingerprint density at radius 2 is 1.22 bits per heavy atom. The Labute approximate surface area is 171 Å². The molecule has 0 rings (SSSR count). The maximum Gasteiger partial charge on any atom is 0.0618 e. The molecule has 0 amide bonds. The summed E-state index contributed by atoms with van der Waals surface area (Å²) in [6.45, 7) is 6.26. The van der Waals surface area contributed by atoms with E-state index in [2.05, 4.69) is 57.1 Å². The molecule has 0 aliphatic heterocycles. The molecule has 0 fully saturated rings. The Morgan fingerprint density at radius 3 is 1.78 bits per heavy atom. The van der Waals surface area contributed by atoms with Crippen LogP contribution in [0.1, 0.15) is 104 Å². The molecule has 0 bridgehead atoms. The third-order valence-corrected chi connectivity index (χ3v) is 5.23. The summed E-state index contributed by atoms with van der Waals surface area (Å²) in [5, 5.41) is 0. The second-order valence-corrected chi connectivity index (χ2v) is 8.18. The molecule has 0 aromatic heterocycles. The molecule has 0 heterocycles. The van der Waals surface area contributed by atoms with Gasteiger partial charge in [0.1, 0.15) is 0 Å². The smallest absolute Gasteiger partial charge is 0.0618 e. The number of nitrogens with zero attached hydrogens (tertiary/aromatic N) is 1. The lowest BCUT2D eigenvalue weighted by molar-refractivity contribution is 0.0832. The molecule has 0 aliphatic rings. The van der Waals surface area contributed by atoms with Gasteiger partial charge >= 0.3 is 0 Å². The second kappa shape index (κ2) is 21.7. The molecular formula is C25H49NO. The number of allylic oxidation sites excluding steroid dienone is 4. The Bertz CT molecular complexity index is 335. The Hall–Kier alpha value is -0.600. The molecule has 0 saturated heterocycles. The predicted octanol–water partition coefficient (Wildman–Crippen LogP) is 7.55. The van der Waals surface area contributed by atoms with Crippen LogP contribution in [0.4, 0.5) is 0 Å². The first-order valence-electron chi connectivity index (χ1n) is 11.7. The largest absolute Gasteiger partial charge is 0.380 e. The number of rotatable bonds is 20. The number of ether oxygens (including phenoxy) is 1. The molecule has 2 heteroatoms. The highest BCUT2D eigenvalue weighted by Crippen LogP contribution is 2.10. The van der Waals surface area contributed by atoms with Crippen LogP contribution in [0.15, 0.2) is 24.3 Å². The minimum absolute atomic E-state index is 0.520. The molecule has 27 heavy (non-hydrogen) atoms. The van der Waals surface area contributed by atoms with E-state index in [1.165, 1.54) is 83.5 Å². The van der Waals surface area contributed by atoms with Crippen molar-refractivity contribution < 1.29 is 4.74 Å². The van der Waals surface area contributed by atoms with Gasteiger partial charge in [-0.15, -0.1) is 0 Å². The monoisotopic (exact) mass is 379 g/mol. The van der Waals surface area contributed by atoms with Gasteiger partial charge in [-0.2, -0.15) is 0 Å². The van der Waals surface area contributed by atoms with Crippen LogP contribution >= 0.6 is 0 Å².